The molecule has 0 bridgehead atoms. The Hall–Kier alpha value is -2.00. The van der Waals surface area contributed by atoms with E-state index in [1.54, 1.807) is 14.2 Å². The van der Waals surface area contributed by atoms with Crippen LogP contribution in [0.4, 0.5) is 0 Å². The van der Waals surface area contributed by atoms with E-state index in [9.17, 15) is 0 Å². The van der Waals surface area contributed by atoms with Crippen molar-refractivity contribution in [1.29, 1.82) is 0 Å². The highest BCUT2D eigenvalue weighted by Gasteiger charge is 2.28. The fourth-order valence-electron chi connectivity index (χ4n) is 5.57. The van der Waals surface area contributed by atoms with Crippen LogP contribution in [0.3, 0.4) is 0 Å². The number of fused-ring (bicyclic) bond motifs is 1. The van der Waals surface area contributed by atoms with Crippen LogP contribution in [0.1, 0.15) is 114 Å². The summed E-state index contributed by atoms with van der Waals surface area (Å²) in [6.45, 7) is 4.14. The Morgan fingerprint density at radius 2 is 1.32 bits per heavy atom. The Kier molecular flexibility index (Phi) is 13.4. The van der Waals surface area contributed by atoms with E-state index in [2.05, 4.69) is 35.8 Å². The van der Waals surface area contributed by atoms with Gasteiger partial charge < -0.3 is 9.47 Å². The summed E-state index contributed by atoms with van der Waals surface area (Å²) < 4.78 is 13.8. The summed E-state index contributed by atoms with van der Waals surface area (Å²) in [4.78, 5) is 0. The van der Waals surface area contributed by atoms with E-state index in [4.69, 9.17) is 21.1 Å². The minimum Gasteiger partial charge on any atom is -0.493 e. The molecule has 0 aliphatic carbocycles. The van der Waals surface area contributed by atoms with Crippen LogP contribution >= 0.6 is 11.6 Å². The number of halogens is 1. The van der Waals surface area contributed by atoms with Gasteiger partial charge in [-0.1, -0.05) is 114 Å². The van der Waals surface area contributed by atoms with Crippen LogP contribution in [-0.4, -0.2) is 31.1 Å². The van der Waals surface area contributed by atoms with Gasteiger partial charge >= 0.3 is 0 Å². The van der Waals surface area contributed by atoms with Crippen molar-refractivity contribution < 1.29 is 14.0 Å². The normalized spacial score (nSPS) is 13.1. The molecule has 0 saturated carbocycles. The van der Waals surface area contributed by atoms with Crippen LogP contribution < -0.4 is 9.47 Å². The minimum atomic E-state index is 0.809. The topological polar surface area (TPSA) is 21.5 Å². The zero-order chi connectivity index (χ0) is 26.3. The monoisotopic (exact) mass is 526 g/mol. The van der Waals surface area contributed by atoms with E-state index < -0.39 is 0 Å². The second-order valence-electron chi connectivity index (χ2n) is 10.6. The summed E-state index contributed by atoms with van der Waals surface area (Å²) >= 11 is 6.54. The Morgan fingerprint density at radius 1 is 0.757 bits per heavy atom. The van der Waals surface area contributed by atoms with Gasteiger partial charge in [0.25, 0.3) is 0 Å². The van der Waals surface area contributed by atoms with E-state index in [0.717, 1.165) is 42.5 Å². The molecule has 1 aliphatic heterocycles. The van der Waals surface area contributed by atoms with Crippen molar-refractivity contribution in [3.8, 4) is 11.5 Å². The van der Waals surface area contributed by atoms with Crippen LogP contribution in [-0.2, 0) is 13.0 Å². The van der Waals surface area contributed by atoms with Gasteiger partial charge in [0.2, 0.25) is 0 Å². The van der Waals surface area contributed by atoms with E-state index in [1.165, 1.54) is 106 Å². The highest BCUT2D eigenvalue weighted by atomic mass is 35.5. The van der Waals surface area contributed by atoms with Gasteiger partial charge in [0.05, 0.1) is 19.2 Å². The van der Waals surface area contributed by atoms with Crippen LogP contribution in [0.25, 0.3) is 0 Å². The highest BCUT2D eigenvalue weighted by molar-refractivity contribution is 6.31. The van der Waals surface area contributed by atoms with Gasteiger partial charge in [0.15, 0.2) is 23.8 Å². The SMILES string of the molecule is CCCCCCCCCCCCCCCC1=[N+](Cc2ccccc2Cl)CCc2cc(OC)c(OC)cc21. The number of methoxy groups -OCH3 is 2. The van der Waals surface area contributed by atoms with E-state index in [1.807, 2.05) is 12.1 Å². The fraction of sp³-hybridized carbons (Fsp3) is 0.606. The van der Waals surface area contributed by atoms with Crippen molar-refractivity contribution in [2.24, 2.45) is 0 Å². The molecule has 0 saturated heterocycles. The lowest BCUT2D eigenvalue weighted by Crippen LogP contribution is -2.30. The number of benzene rings is 2. The Labute approximate surface area is 231 Å². The molecule has 0 atom stereocenters. The molecule has 3 nitrogen and oxygen atoms in total. The molecule has 0 aromatic heterocycles. The largest absolute Gasteiger partial charge is 0.493 e. The first-order chi connectivity index (χ1) is 18.2. The van der Waals surface area contributed by atoms with Crippen LogP contribution in [0, 0.1) is 0 Å². The first-order valence-corrected chi connectivity index (χ1v) is 15.1. The highest BCUT2D eigenvalue weighted by Crippen LogP contribution is 2.34. The fourth-order valence-corrected chi connectivity index (χ4v) is 5.76. The maximum atomic E-state index is 6.54. The molecule has 37 heavy (non-hydrogen) atoms. The first-order valence-electron chi connectivity index (χ1n) is 14.8. The lowest BCUT2D eigenvalue weighted by Gasteiger charge is -2.21. The number of rotatable bonds is 18. The number of hydrogen-bond donors (Lipinski definition) is 0. The summed E-state index contributed by atoms with van der Waals surface area (Å²) in [6.07, 6.45) is 20.0. The predicted molar refractivity (Wildman–Crippen MR) is 158 cm³/mol. The maximum absolute atomic E-state index is 6.54. The molecule has 204 valence electrons. The van der Waals surface area contributed by atoms with Crippen LogP contribution in [0.5, 0.6) is 11.5 Å². The zero-order valence-corrected chi connectivity index (χ0v) is 24.4. The molecule has 0 unspecified atom stereocenters. The summed E-state index contributed by atoms with van der Waals surface area (Å²) in [5.41, 5.74) is 5.29. The van der Waals surface area contributed by atoms with Crippen molar-refractivity contribution in [3.05, 3.63) is 58.1 Å². The van der Waals surface area contributed by atoms with E-state index in [-0.39, 0.29) is 0 Å². The van der Waals surface area contributed by atoms with Gasteiger partial charge in [-0.15, -0.1) is 0 Å². The molecule has 2 aromatic rings. The second kappa shape index (κ2) is 16.8. The van der Waals surface area contributed by atoms with Gasteiger partial charge in [-0.25, -0.2) is 4.58 Å². The molecule has 4 heteroatoms. The lowest BCUT2D eigenvalue weighted by molar-refractivity contribution is -0.545. The average Bonchev–Trinajstić information content (AvgIpc) is 2.92. The third-order valence-electron chi connectivity index (χ3n) is 7.79. The summed E-state index contributed by atoms with van der Waals surface area (Å²) in [7, 11) is 3.44. The standard InChI is InChI=1S/C33H49ClNO2/c1-4-5-6-7-8-9-10-11-12-13-14-15-16-21-31-29-25-33(37-3)32(36-2)24-27(29)22-23-35(31)26-28-19-17-18-20-30(28)34/h17-20,24-25H,4-16,21-23,26H2,1-3H3/q+1. The molecular weight excluding hydrogens is 478 g/mol. The summed E-state index contributed by atoms with van der Waals surface area (Å²) in [5, 5.41) is 0.848. The molecule has 0 amide bonds. The van der Waals surface area contributed by atoms with Crippen LogP contribution in [0.15, 0.2) is 36.4 Å². The number of hydrogen-bond acceptors (Lipinski definition) is 2. The average molecular weight is 527 g/mol. The van der Waals surface area contributed by atoms with E-state index >= 15 is 0 Å². The molecule has 0 fully saturated rings. The van der Waals surface area contributed by atoms with Crippen molar-refractivity contribution in [2.75, 3.05) is 20.8 Å². The van der Waals surface area contributed by atoms with Gasteiger partial charge in [-0.3, -0.25) is 0 Å². The predicted octanol–water partition coefficient (Wildman–Crippen LogP) is 9.40. The minimum absolute atomic E-state index is 0.809. The van der Waals surface area contributed by atoms with Gasteiger partial charge in [-0.05, 0) is 30.2 Å². The Morgan fingerprint density at radius 3 is 1.92 bits per heavy atom. The van der Waals surface area contributed by atoms with Crippen LogP contribution in [0.2, 0.25) is 5.02 Å². The summed E-state index contributed by atoms with van der Waals surface area (Å²) in [5.74, 6) is 1.63. The molecule has 1 aliphatic rings. The van der Waals surface area contributed by atoms with Crippen molar-refractivity contribution in [2.45, 2.75) is 110 Å². The van der Waals surface area contributed by atoms with E-state index in [0.29, 0.717) is 0 Å². The molecule has 0 spiro atoms. The maximum Gasteiger partial charge on any atom is 0.184 e. The van der Waals surface area contributed by atoms with Crippen molar-refractivity contribution in [3.63, 3.8) is 0 Å². The van der Waals surface area contributed by atoms with Crippen molar-refractivity contribution in [1.82, 2.24) is 0 Å². The number of unbranched alkanes of at least 4 members (excludes halogenated alkanes) is 12. The molecule has 0 N–H and O–H groups in total. The molecule has 3 rings (SSSR count). The third kappa shape index (κ3) is 9.36. The van der Waals surface area contributed by atoms with Gasteiger partial charge in [0, 0.05) is 24.0 Å². The number of ether oxygens (including phenoxy) is 2. The summed E-state index contributed by atoms with van der Waals surface area (Å²) in [6, 6.07) is 12.6. The second-order valence-corrected chi connectivity index (χ2v) is 11.0. The molecule has 2 aromatic carbocycles. The first kappa shape index (κ1) is 29.6. The van der Waals surface area contributed by atoms with Gasteiger partial charge in [0.1, 0.15) is 6.54 Å². The zero-order valence-electron chi connectivity index (χ0n) is 23.6. The van der Waals surface area contributed by atoms with Gasteiger partial charge in [-0.2, -0.15) is 0 Å². The Balaban J connectivity index is 1.55. The molecular formula is C33H49ClNO2+. The molecule has 0 radical (unpaired) electrons. The lowest BCUT2D eigenvalue weighted by atomic mass is 9.92. The third-order valence-corrected chi connectivity index (χ3v) is 8.16. The Bertz CT molecular complexity index is 984. The number of nitrogens with zero attached hydrogens (tertiary/aromatic N) is 1. The molecule has 1 heterocycles. The quantitative estimate of drug-likeness (QED) is 0.142. The van der Waals surface area contributed by atoms with Crippen molar-refractivity contribution >= 4 is 17.3 Å². The smallest absolute Gasteiger partial charge is 0.184 e.